The summed E-state index contributed by atoms with van der Waals surface area (Å²) in [6.07, 6.45) is 4.04. The smallest absolute Gasteiger partial charge is 0.344 e. The molecule has 3 rings (SSSR count). The number of carbonyl (C=O) groups is 1. The lowest BCUT2D eigenvalue weighted by Gasteiger charge is -2.25. The third-order valence-electron chi connectivity index (χ3n) is 4.25. The second-order valence-electron chi connectivity index (χ2n) is 5.81. The van der Waals surface area contributed by atoms with Crippen molar-refractivity contribution in [2.75, 3.05) is 6.54 Å². The van der Waals surface area contributed by atoms with E-state index in [-0.39, 0.29) is 17.0 Å². The topological polar surface area (TPSA) is 100 Å². The summed E-state index contributed by atoms with van der Waals surface area (Å²) in [5.74, 6) is -0.783. The SMILES string of the molecule is CCNC1(C(=O)O)CCC(Sc2n[nH]c(=O)n2C2CC2)C1. The molecule has 2 saturated carbocycles. The predicted octanol–water partition coefficient (Wildman–Crippen LogP) is 0.984. The van der Waals surface area contributed by atoms with Crippen LogP contribution >= 0.6 is 11.8 Å². The van der Waals surface area contributed by atoms with Crippen molar-refractivity contribution in [3.63, 3.8) is 0 Å². The second kappa shape index (κ2) is 5.49. The summed E-state index contributed by atoms with van der Waals surface area (Å²) in [5, 5.41) is 20.1. The minimum Gasteiger partial charge on any atom is -0.480 e. The zero-order valence-electron chi connectivity index (χ0n) is 12.0. The van der Waals surface area contributed by atoms with Gasteiger partial charge in [0.05, 0.1) is 0 Å². The van der Waals surface area contributed by atoms with Gasteiger partial charge in [0.2, 0.25) is 0 Å². The molecule has 0 aromatic carbocycles. The van der Waals surface area contributed by atoms with E-state index in [1.165, 1.54) is 11.8 Å². The third-order valence-corrected chi connectivity index (χ3v) is 5.48. The highest BCUT2D eigenvalue weighted by Crippen LogP contribution is 2.42. The Balaban J connectivity index is 1.72. The van der Waals surface area contributed by atoms with Crippen LogP contribution in [0.3, 0.4) is 0 Å². The van der Waals surface area contributed by atoms with Gasteiger partial charge in [0, 0.05) is 11.3 Å². The first-order chi connectivity index (χ1) is 10.1. The van der Waals surface area contributed by atoms with Gasteiger partial charge in [-0.25, -0.2) is 9.89 Å². The summed E-state index contributed by atoms with van der Waals surface area (Å²) in [6, 6.07) is 0.276. The van der Waals surface area contributed by atoms with Crippen LogP contribution < -0.4 is 11.0 Å². The van der Waals surface area contributed by atoms with Gasteiger partial charge in [-0.05, 0) is 38.6 Å². The van der Waals surface area contributed by atoms with Gasteiger partial charge >= 0.3 is 11.7 Å². The van der Waals surface area contributed by atoms with Crippen molar-refractivity contribution in [3.05, 3.63) is 10.5 Å². The highest BCUT2D eigenvalue weighted by Gasteiger charge is 2.45. The molecule has 2 aliphatic rings. The van der Waals surface area contributed by atoms with Crippen molar-refractivity contribution in [1.29, 1.82) is 0 Å². The van der Waals surface area contributed by atoms with Crippen molar-refractivity contribution >= 4 is 17.7 Å². The van der Waals surface area contributed by atoms with E-state index in [2.05, 4.69) is 15.5 Å². The molecule has 1 aromatic rings. The molecule has 1 heterocycles. The normalized spacial score (nSPS) is 28.9. The Bertz CT molecular complexity index is 594. The average Bonchev–Trinajstić information content (AvgIpc) is 3.09. The number of H-pyrrole nitrogens is 1. The number of rotatable bonds is 6. The molecule has 0 spiro atoms. The minimum absolute atomic E-state index is 0.158. The molecule has 7 nitrogen and oxygen atoms in total. The summed E-state index contributed by atoms with van der Waals surface area (Å²) in [7, 11) is 0. The highest BCUT2D eigenvalue weighted by atomic mass is 32.2. The molecule has 2 atom stereocenters. The Morgan fingerprint density at radius 2 is 2.33 bits per heavy atom. The molecule has 0 amide bonds. The molecule has 1 aromatic heterocycles. The van der Waals surface area contributed by atoms with Crippen LogP contribution in [0.25, 0.3) is 0 Å². The number of nitrogens with one attached hydrogen (secondary N) is 2. The molecule has 2 unspecified atom stereocenters. The van der Waals surface area contributed by atoms with E-state index in [1.54, 1.807) is 4.57 Å². The summed E-state index contributed by atoms with van der Waals surface area (Å²) >= 11 is 1.53. The van der Waals surface area contributed by atoms with Crippen LogP contribution in [0.2, 0.25) is 0 Å². The fourth-order valence-electron chi connectivity index (χ4n) is 3.05. The van der Waals surface area contributed by atoms with Gasteiger partial charge in [0.25, 0.3) is 0 Å². The predicted molar refractivity (Wildman–Crippen MR) is 78.7 cm³/mol. The van der Waals surface area contributed by atoms with Crippen LogP contribution in [-0.4, -0.2) is 43.2 Å². The van der Waals surface area contributed by atoms with Crippen molar-refractivity contribution < 1.29 is 9.90 Å². The van der Waals surface area contributed by atoms with Gasteiger partial charge in [-0.15, -0.1) is 5.10 Å². The molecule has 21 heavy (non-hydrogen) atoms. The first-order valence-corrected chi connectivity index (χ1v) is 8.25. The van der Waals surface area contributed by atoms with Crippen LogP contribution in [0.1, 0.15) is 45.1 Å². The number of likely N-dealkylation sites (N-methyl/N-ethyl adjacent to an activating group) is 1. The molecular formula is C13H20N4O3S. The van der Waals surface area contributed by atoms with E-state index in [9.17, 15) is 14.7 Å². The molecule has 2 fully saturated rings. The van der Waals surface area contributed by atoms with E-state index < -0.39 is 11.5 Å². The maximum atomic E-state index is 11.8. The lowest BCUT2D eigenvalue weighted by atomic mass is 9.98. The Morgan fingerprint density at radius 1 is 1.57 bits per heavy atom. The minimum atomic E-state index is -0.826. The Kier molecular flexibility index (Phi) is 3.83. The van der Waals surface area contributed by atoms with Crippen LogP contribution in [0.4, 0.5) is 0 Å². The molecule has 0 saturated heterocycles. The van der Waals surface area contributed by atoms with Gasteiger partial charge in [0.15, 0.2) is 5.16 Å². The monoisotopic (exact) mass is 312 g/mol. The van der Waals surface area contributed by atoms with E-state index in [0.29, 0.717) is 24.5 Å². The standard InChI is InChI=1S/C13H20N4O3S/c1-2-14-13(10(18)19)6-5-9(7-13)21-12-16-15-11(20)17(12)8-3-4-8/h8-9,14H,2-7H2,1H3,(H,15,20)(H,18,19). The first kappa shape index (κ1) is 14.6. The number of thioether (sulfide) groups is 1. The number of nitrogens with zero attached hydrogens (tertiary/aromatic N) is 2. The Labute approximate surface area is 126 Å². The summed E-state index contributed by atoms with van der Waals surface area (Å²) in [5.41, 5.74) is -0.984. The van der Waals surface area contributed by atoms with Crippen molar-refractivity contribution in [3.8, 4) is 0 Å². The fraction of sp³-hybridized carbons (Fsp3) is 0.769. The van der Waals surface area contributed by atoms with E-state index in [1.807, 2.05) is 6.92 Å². The van der Waals surface area contributed by atoms with Crippen molar-refractivity contribution in [2.24, 2.45) is 0 Å². The molecular weight excluding hydrogens is 292 g/mol. The maximum absolute atomic E-state index is 11.8. The molecule has 3 N–H and O–H groups in total. The van der Waals surface area contributed by atoms with Crippen molar-refractivity contribution in [2.45, 2.75) is 61.0 Å². The quantitative estimate of drug-likeness (QED) is 0.724. The number of aliphatic carboxylic acids is 1. The van der Waals surface area contributed by atoms with E-state index in [4.69, 9.17) is 0 Å². The number of aromatic amines is 1. The number of carboxylic acids is 1. The van der Waals surface area contributed by atoms with Gasteiger partial charge in [-0.2, -0.15) is 0 Å². The zero-order valence-corrected chi connectivity index (χ0v) is 12.8. The van der Waals surface area contributed by atoms with Crippen LogP contribution in [-0.2, 0) is 4.79 Å². The van der Waals surface area contributed by atoms with Crippen molar-refractivity contribution in [1.82, 2.24) is 20.1 Å². The second-order valence-corrected chi connectivity index (χ2v) is 7.08. The Morgan fingerprint density at radius 3 is 2.95 bits per heavy atom. The summed E-state index contributed by atoms with van der Waals surface area (Å²) < 4.78 is 1.72. The van der Waals surface area contributed by atoms with Gasteiger partial charge in [-0.1, -0.05) is 18.7 Å². The first-order valence-electron chi connectivity index (χ1n) is 7.38. The number of carboxylic acid groups (broad SMARTS) is 1. The number of hydrogen-bond donors (Lipinski definition) is 3. The molecule has 116 valence electrons. The van der Waals surface area contributed by atoms with Crippen LogP contribution in [0.15, 0.2) is 9.95 Å². The largest absolute Gasteiger partial charge is 0.480 e. The Hall–Kier alpha value is -1.28. The maximum Gasteiger partial charge on any atom is 0.344 e. The lowest BCUT2D eigenvalue weighted by Crippen LogP contribution is -2.50. The van der Waals surface area contributed by atoms with Gasteiger partial charge in [-0.3, -0.25) is 9.36 Å². The van der Waals surface area contributed by atoms with E-state index in [0.717, 1.165) is 19.3 Å². The molecule has 0 radical (unpaired) electrons. The van der Waals surface area contributed by atoms with E-state index >= 15 is 0 Å². The van der Waals surface area contributed by atoms with Crippen LogP contribution in [0, 0.1) is 0 Å². The van der Waals surface area contributed by atoms with Crippen LogP contribution in [0.5, 0.6) is 0 Å². The third kappa shape index (κ3) is 2.74. The summed E-state index contributed by atoms with van der Waals surface area (Å²) in [6.45, 7) is 2.56. The molecule has 0 bridgehead atoms. The van der Waals surface area contributed by atoms with Gasteiger partial charge in [0.1, 0.15) is 5.54 Å². The molecule has 0 aliphatic heterocycles. The fourth-order valence-corrected chi connectivity index (χ4v) is 4.39. The number of aromatic nitrogens is 3. The number of hydrogen-bond acceptors (Lipinski definition) is 5. The highest BCUT2D eigenvalue weighted by molar-refractivity contribution is 7.99. The van der Waals surface area contributed by atoms with Gasteiger partial charge < -0.3 is 10.4 Å². The molecule has 2 aliphatic carbocycles. The molecule has 8 heteroatoms. The summed E-state index contributed by atoms with van der Waals surface area (Å²) in [4.78, 5) is 23.3. The lowest BCUT2D eigenvalue weighted by molar-refractivity contribution is -0.144. The average molecular weight is 312 g/mol. The zero-order chi connectivity index (χ0) is 15.0.